The molecule has 1 saturated carbocycles. The molecule has 1 aliphatic carbocycles. The Morgan fingerprint density at radius 1 is 1.12 bits per heavy atom. The molecular weight excluding hydrogens is 480 g/mol. The van der Waals surface area contributed by atoms with Crippen LogP contribution in [0.5, 0.6) is 5.75 Å². The van der Waals surface area contributed by atoms with Crippen LogP contribution in [0.4, 0.5) is 0 Å². The van der Waals surface area contributed by atoms with Crippen LogP contribution in [0.1, 0.15) is 55.7 Å². The van der Waals surface area contributed by atoms with Crippen molar-refractivity contribution in [2.45, 2.75) is 71.4 Å². The zero-order valence-electron chi connectivity index (χ0n) is 19.9. The molecule has 2 aromatic rings. The lowest BCUT2D eigenvalue weighted by molar-refractivity contribution is -0.142. The van der Waals surface area contributed by atoms with Gasteiger partial charge < -0.3 is 15.0 Å². The maximum absolute atomic E-state index is 13.3. The highest BCUT2D eigenvalue weighted by molar-refractivity contribution is 9.10. The fourth-order valence-corrected chi connectivity index (χ4v) is 4.71. The molecule has 33 heavy (non-hydrogen) atoms. The van der Waals surface area contributed by atoms with E-state index in [2.05, 4.69) is 21.2 Å². The molecule has 2 amide bonds. The van der Waals surface area contributed by atoms with Gasteiger partial charge in [-0.25, -0.2) is 0 Å². The predicted octanol–water partition coefficient (Wildman–Crippen LogP) is 5.35. The van der Waals surface area contributed by atoms with Gasteiger partial charge in [0, 0.05) is 17.1 Å². The molecule has 0 unspecified atom stereocenters. The molecule has 178 valence electrons. The summed E-state index contributed by atoms with van der Waals surface area (Å²) in [6.45, 7) is 6.34. The highest BCUT2D eigenvalue weighted by atomic mass is 79.9. The van der Waals surface area contributed by atoms with E-state index in [1.165, 1.54) is 0 Å². The Morgan fingerprint density at radius 3 is 2.36 bits per heavy atom. The second-order valence-electron chi connectivity index (χ2n) is 8.90. The van der Waals surface area contributed by atoms with Gasteiger partial charge in [-0.1, -0.05) is 66.0 Å². The third-order valence-corrected chi connectivity index (χ3v) is 7.59. The van der Waals surface area contributed by atoms with Crippen molar-refractivity contribution >= 4 is 27.7 Å². The van der Waals surface area contributed by atoms with Gasteiger partial charge in [0.15, 0.2) is 6.61 Å². The summed E-state index contributed by atoms with van der Waals surface area (Å²) in [5, 5.41) is 3.18. The number of ether oxygens (including phenoxy) is 1. The van der Waals surface area contributed by atoms with Gasteiger partial charge in [-0.05, 0) is 68.4 Å². The summed E-state index contributed by atoms with van der Waals surface area (Å²) in [5.74, 6) is 0.437. The van der Waals surface area contributed by atoms with Crippen LogP contribution in [0.2, 0.25) is 0 Å². The first kappa shape index (κ1) is 25.3. The maximum Gasteiger partial charge on any atom is 0.261 e. The highest BCUT2D eigenvalue weighted by Gasteiger charge is 2.30. The van der Waals surface area contributed by atoms with Gasteiger partial charge in [0.05, 0.1) is 0 Å². The van der Waals surface area contributed by atoms with E-state index in [9.17, 15) is 9.59 Å². The van der Waals surface area contributed by atoms with Crippen LogP contribution in [0.25, 0.3) is 0 Å². The van der Waals surface area contributed by atoms with Gasteiger partial charge >= 0.3 is 0 Å². The number of hydrogen-bond donors (Lipinski definition) is 1. The van der Waals surface area contributed by atoms with Crippen LogP contribution in [-0.2, 0) is 16.0 Å². The van der Waals surface area contributed by atoms with Crippen molar-refractivity contribution in [3.8, 4) is 5.75 Å². The molecular formula is C27H35BrN2O3. The molecule has 0 bridgehead atoms. The summed E-state index contributed by atoms with van der Waals surface area (Å²) in [5.41, 5.74) is 3.25. The average molecular weight is 515 g/mol. The largest absolute Gasteiger partial charge is 0.484 e. The number of benzene rings is 2. The number of nitrogens with one attached hydrogen (secondary N) is 1. The third-order valence-electron chi connectivity index (χ3n) is 6.34. The van der Waals surface area contributed by atoms with Gasteiger partial charge in [0.2, 0.25) is 5.91 Å². The number of nitrogens with zero attached hydrogens (tertiary/aromatic N) is 1. The van der Waals surface area contributed by atoms with Crippen LogP contribution in [0, 0.1) is 13.8 Å². The minimum Gasteiger partial charge on any atom is -0.484 e. The van der Waals surface area contributed by atoms with E-state index in [0.717, 1.165) is 46.8 Å². The zero-order valence-corrected chi connectivity index (χ0v) is 21.5. The first-order valence-electron chi connectivity index (χ1n) is 11.9. The Balaban J connectivity index is 1.72. The molecule has 0 radical (unpaired) electrons. The monoisotopic (exact) mass is 514 g/mol. The Morgan fingerprint density at radius 2 is 1.76 bits per heavy atom. The minimum absolute atomic E-state index is 0.0545. The van der Waals surface area contributed by atoms with Crippen molar-refractivity contribution in [1.29, 1.82) is 0 Å². The van der Waals surface area contributed by atoms with Gasteiger partial charge in [0.1, 0.15) is 11.8 Å². The van der Waals surface area contributed by atoms with Crippen LogP contribution in [-0.4, -0.2) is 41.9 Å². The molecule has 3 rings (SSSR count). The number of hydrogen-bond acceptors (Lipinski definition) is 3. The second kappa shape index (κ2) is 12.2. The van der Waals surface area contributed by atoms with E-state index in [-0.39, 0.29) is 24.5 Å². The van der Waals surface area contributed by atoms with Crippen LogP contribution in [0.3, 0.4) is 0 Å². The molecule has 1 atom stereocenters. The summed E-state index contributed by atoms with van der Waals surface area (Å²) >= 11 is 3.56. The van der Waals surface area contributed by atoms with Crippen LogP contribution < -0.4 is 10.1 Å². The van der Waals surface area contributed by atoms with E-state index in [4.69, 9.17) is 4.74 Å². The first-order valence-corrected chi connectivity index (χ1v) is 12.7. The predicted molar refractivity (Wildman–Crippen MR) is 135 cm³/mol. The molecule has 0 saturated heterocycles. The van der Waals surface area contributed by atoms with Crippen molar-refractivity contribution in [2.75, 3.05) is 13.2 Å². The SMILES string of the molecule is CC[C@@H](C(=O)NC1CCCC1)N(CCc1ccccc1)C(=O)COc1cc(C)c(Br)c(C)c1. The van der Waals surface area contributed by atoms with Gasteiger partial charge in [-0.2, -0.15) is 0 Å². The fourth-order valence-electron chi connectivity index (χ4n) is 4.48. The summed E-state index contributed by atoms with van der Waals surface area (Å²) in [4.78, 5) is 28.2. The number of rotatable bonds is 10. The minimum atomic E-state index is -0.501. The van der Waals surface area contributed by atoms with Gasteiger partial charge in [-0.3, -0.25) is 9.59 Å². The second-order valence-corrected chi connectivity index (χ2v) is 9.69. The average Bonchev–Trinajstić information content (AvgIpc) is 3.32. The maximum atomic E-state index is 13.3. The standard InChI is InChI=1S/C27H35BrN2O3/c1-4-24(27(32)29-22-12-8-9-13-22)30(15-14-21-10-6-5-7-11-21)25(31)18-33-23-16-19(2)26(28)20(3)17-23/h5-7,10-11,16-17,22,24H,4,8-9,12-15,18H2,1-3H3,(H,29,32)/t24-/m0/s1. The van der Waals surface area contributed by atoms with E-state index in [1.807, 2.05) is 63.2 Å². The Labute approximate surface area is 206 Å². The third kappa shape index (κ3) is 7.07. The van der Waals surface area contributed by atoms with Gasteiger partial charge in [-0.15, -0.1) is 0 Å². The molecule has 0 heterocycles. The summed E-state index contributed by atoms with van der Waals surface area (Å²) in [6.07, 6.45) is 5.60. The Kier molecular flexibility index (Phi) is 9.36. The van der Waals surface area contributed by atoms with E-state index < -0.39 is 6.04 Å². The van der Waals surface area contributed by atoms with Crippen LogP contribution in [0.15, 0.2) is 46.9 Å². The number of halogens is 1. The molecule has 2 aromatic carbocycles. The highest BCUT2D eigenvalue weighted by Crippen LogP contribution is 2.26. The number of amides is 2. The summed E-state index contributed by atoms with van der Waals surface area (Å²) in [7, 11) is 0. The normalized spacial score (nSPS) is 14.7. The Bertz CT molecular complexity index is 919. The smallest absolute Gasteiger partial charge is 0.261 e. The Hall–Kier alpha value is -2.34. The number of carbonyl (C=O) groups is 2. The van der Waals surface area contributed by atoms with Crippen molar-refractivity contribution < 1.29 is 14.3 Å². The van der Waals surface area contributed by atoms with E-state index >= 15 is 0 Å². The lowest BCUT2D eigenvalue weighted by Gasteiger charge is -2.31. The zero-order chi connectivity index (χ0) is 23.8. The lowest BCUT2D eigenvalue weighted by atomic mass is 10.1. The molecule has 5 nitrogen and oxygen atoms in total. The lowest BCUT2D eigenvalue weighted by Crippen LogP contribution is -2.52. The summed E-state index contributed by atoms with van der Waals surface area (Å²) < 4.78 is 6.92. The van der Waals surface area contributed by atoms with Crippen LogP contribution >= 0.6 is 15.9 Å². The molecule has 0 aromatic heterocycles. The number of carbonyl (C=O) groups excluding carboxylic acids is 2. The molecule has 1 fully saturated rings. The first-order chi connectivity index (χ1) is 15.9. The van der Waals surface area contributed by atoms with E-state index in [0.29, 0.717) is 25.1 Å². The molecule has 6 heteroatoms. The topological polar surface area (TPSA) is 58.6 Å². The van der Waals surface area contributed by atoms with Crippen molar-refractivity contribution in [1.82, 2.24) is 10.2 Å². The number of aryl methyl sites for hydroxylation is 2. The van der Waals surface area contributed by atoms with E-state index in [1.54, 1.807) is 4.90 Å². The molecule has 0 spiro atoms. The van der Waals surface area contributed by atoms with Gasteiger partial charge in [0.25, 0.3) is 5.91 Å². The summed E-state index contributed by atoms with van der Waals surface area (Å²) in [6, 6.07) is 13.6. The molecule has 1 aliphatic rings. The molecule has 1 N–H and O–H groups in total. The van der Waals surface area contributed by atoms with Crippen molar-refractivity contribution in [3.63, 3.8) is 0 Å². The van der Waals surface area contributed by atoms with Crippen molar-refractivity contribution in [3.05, 3.63) is 63.6 Å². The quantitative estimate of drug-likeness (QED) is 0.464. The van der Waals surface area contributed by atoms with Crippen molar-refractivity contribution in [2.24, 2.45) is 0 Å². The fraction of sp³-hybridized carbons (Fsp3) is 0.481. The molecule has 0 aliphatic heterocycles.